The Kier molecular flexibility index (Phi) is 6.11. The molecule has 0 radical (unpaired) electrons. The number of amides is 3. The SMILES string of the molecule is Cc1cc(C(=O)NC2CCN(C(=O)CCCc3ccc4c(c3)CC(=O)N4)CC2)c(C)o1. The van der Waals surface area contributed by atoms with Gasteiger partial charge in [0.05, 0.1) is 12.0 Å². The average molecular weight is 424 g/mol. The summed E-state index contributed by atoms with van der Waals surface area (Å²) >= 11 is 0. The van der Waals surface area contributed by atoms with Crippen LogP contribution in [0.4, 0.5) is 5.69 Å². The van der Waals surface area contributed by atoms with Gasteiger partial charge in [-0.1, -0.05) is 12.1 Å². The number of fused-ring (bicyclic) bond motifs is 1. The standard InChI is InChI=1S/C24H29N3O4/c1-15-12-20(16(2)31-15)24(30)25-19-8-10-27(11-9-19)23(29)5-3-4-17-6-7-21-18(13-17)14-22(28)26-21/h6-7,12-13,19H,3-5,8-11,14H2,1-2H3,(H,25,30)(H,26,28). The number of carbonyl (C=O) groups is 3. The first-order chi connectivity index (χ1) is 14.9. The van der Waals surface area contributed by atoms with Crippen LogP contribution in [0.3, 0.4) is 0 Å². The predicted octanol–water partition coefficient (Wildman–Crippen LogP) is 3.13. The van der Waals surface area contributed by atoms with E-state index < -0.39 is 0 Å². The maximum Gasteiger partial charge on any atom is 0.255 e. The zero-order chi connectivity index (χ0) is 22.0. The molecule has 0 bridgehead atoms. The lowest BCUT2D eigenvalue weighted by Gasteiger charge is -2.32. The number of furan rings is 1. The summed E-state index contributed by atoms with van der Waals surface area (Å²) in [5.41, 5.74) is 3.69. The Hall–Kier alpha value is -3.09. The monoisotopic (exact) mass is 423 g/mol. The van der Waals surface area contributed by atoms with E-state index in [0.717, 1.165) is 48.3 Å². The van der Waals surface area contributed by atoms with Crippen LogP contribution in [0, 0.1) is 13.8 Å². The molecule has 0 aliphatic carbocycles. The van der Waals surface area contributed by atoms with E-state index in [-0.39, 0.29) is 23.8 Å². The van der Waals surface area contributed by atoms with Crippen LogP contribution >= 0.6 is 0 Å². The van der Waals surface area contributed by atoms with Crippen molar-refractivity contribution < 1.29 is 18.8 Å². The Balaban J connectivity index is 1.19. The number of nitrogens with one attached hydrogen (secondary N) is 2. The number of hydrogen-bond acceptors (Lipinski definition) is 4. The summed E-state index contributed by atoms with van der Waals surface area (Å²) in [6.07, 6.45) is 4.09. The number of benzene rings is 1. The third-order valence-corrected chi connectivity index (χ3v) is 6.12. The van der Waals surface area contributed by atoms with E-state index in [4.69, 9.17) is 4.42 Å². The highest BCUT2D eigenvalue weighted by Crippen LogP contribution is 2.24. The van der Waals surface area contributed by atoms with E-state index in [1.54, 1.807) is 13.0 Å². The van der Waals surface area contributed by atoms with E-state index in [1.807, 2.05) is 24.0 Å². The van der Waals surface area contributed by atoms with Gasteiger partial charge in [0.1, 0.15) is 11.5 Å². The van der Waals surface area contributed by atoms with Gasteiger partial charge in [-0.2, -0.15) is 0 Å². The Morgan fingerprint density at radius 1 is 1.19 bits per heavy atom. The molecule has 1 aromatic carbocycles. The fourth-order valence-electron chi connectivity index (χ4n) is 4.43. The van der Waals surface area contributed by atoms with Gasteiger partial charge in [0.25, 0.3) is 5.91 Å². The minimum atomic E-state index is -0.106. The Labute approximate surface area is 182 Å². The molecule has 7 nitrogen and oxygen atoms in total. The third-order valence-electron chi connectivity index (χ3n) is 6.12. The molecule has 3 heterocycles. The van der Waals surface area contributed by atoms with Crippen molar-refractivity contribution >= 4 is 23.4 Å². The molecule has 2 aliphatic heterocycles. The second-order valence-electron chi connectivity index (χ2n) is 8.53. The maximum atomic E-state index is 12.6. The Morgan fingerprint density at radius 2 is 1.97 bits per heavy atom. The first-order valence-corrected chi connectivity index (χ1v) is 11.0. The van der Waals surface area contributed by atoms with Crippen molar-refractivity contribution in [1.29, 1.82) is 0 Å². The molecular formula is C24H29N3O4. The third kappa shape index (κ3) is 4.98. The van der Waals surface area contributed by atoms with Crippen LogP contribution in [-0.4, -0.2) is 41.8 Å². The van der Waals surface area contributed by atoms with Gasteiger partial charge in [0.15, 0.2) is 0 Å². The first kappa shape index (κ1) is 21.2. The van der Waals surface area contributed by atoms with Crippen molar-refractivity contribution in [2.24, 2.45) is 0 Å². The number of nitrogens with zero attached hydrogens (tertiary/aromatic N) is 1. The van der Waals surface area contributed by atoms with E-state index in [0.29, 0.717) is 37.3 Å². The first-order valence-electron chi connectivity index (χ1n) is 11.0. The summed E-state index contributed by atoms with van der Waals surface area (Å²) < 4.78 is 5.44. The second-order valence-corrected chi connectivity index (χ2v) is 8.53. The minimum absolute atomic E-state index is 0.0388. The van der Waals surface area contributed by atoms with Gasteiger partial charge >= 0.3 is 0 Å². The summed E-state index contributed by atoms with van der Waals surface area (Å²) in [5, 5.41) is 5.91. The second kappa shape index (κ2) is 8.96. The molecule has 0 unspecified atom stereocenters. The lowest BCUT2D eigenvalue weighted by molar-refractivity contribution is -0.132. The molecule has 1 aromatic heterocycles. The molecule has 2 aliphatic rings. The van der Waals surface area contributed by atoms with Crippen LogP contribution in [-0.2, 0) is 22.4 Å². The van der Waals surface area contributed by atoms with Gasteiger partial charge in [0.2, 0.25) is 11.8 Å². The molecule has 4 rings (SSSR count). The molecule has 0 spiro atoms. The molecular weight excluding hydrogens is 394 g/mol. The van der Waals surface area contributed by atoms with Crippen molar-refractivity contribution in [3.05, 3.63) is 52.5 Å². The lowest BCUT2D eigenvalue weighted by atomic mass is 10.0. The van der Waals surface area contributed by atoms with Gasteiger partial charge in [-0.05, 0) is 62.8 Å². The van der Waals surface area contributed by atoms with Crippen molar-refractivity contribution in [2.45, 2.75) is 58.4 Å². The number of piperidine rings is 1. The molecule has 31 heavy (non-hydrogen) atoms. The summed E-state index contributed by atoms with van der Waals surface area (Å²) in [6, 6.07) is 7.87. The van der Waals surface area contributed by atoms with Crippen LogP contribution in [0.2, 0.25) is 0 Å². The molecule has 1 saturated heterocycles. The fraction of sp³-hybridized carbons (Fsp3) is 0.458. The van der Waals surface area contributed by atoms with Crippen molar-refractivity contribution in [3.63, 3.8) is 0 Å². The van der Waals surface area contributed by atoms with E-state index in [9.17, 15) is 14.4 Å². The number of likely N-dealkylation sites (tertiary alicyclic amines) is 1. The summed E-state index contributed by atoms with van der Waals surface area (Å²) in [6.45, 7) is 4.96. The van der Waals surface area contributed by atoms with Crippen molar-refractivity contribution in [1.82, 2.24) is 10.2 Å². The van der Waals surface area contributed by atoms with Crippen molar-refractivity contribution in [3.8, 4) is 0 Å². The topological polar surface area (TPSA) is 91.7 Å². The molecule has 7 heteroatoms. The van der Waals surface area contributed by atoms with Gasteiger partial charge in [-0.3, -0.25) is 14.4 Å². The normalized spacial score (nSPS) is 16.2. The number of carbonyl (C=O) groups excluding carboxylic acids is 3. The summed E-state index contributed by atoms with van der Waals surface area (Å²) in [7, 11) is 0. The van der Waals surface area contributed by atoms with Crippen LogP contribution in [0.1, 0.15) is 58.7 Å². The number of rotatable bonds is 6. The predicted molar refractivity (Wildman–Crippen MR) is 117 cm³/mol. The van der Waals surface area contributed by atoms with Gasteiger partial charge in [0, 0.05) is 31.2 Å². The van der Waals surface area contributed by atoms with Crippen LogP contribution in [0.25, 0.3) is 0 Å². The fourth-order valence-corrected chi connectivity index (χ4v) is 4.43. The Bertz CT molecular complexity index is 1000. The highest BCUT2D eigenvalue weighted by molar-refractivity contribution is 5.99. The van der Waals surface area contributed by atoms with Crippen LogP contribution < -0.4 is 10.6 Å². The molecule has 2 aromatic rings. The zero-order valence-electron chi connectivity index (χ0n) is 18.1. The molecule has 0 atom stereocenters. The van der Waals surface area contributed by atoms with Crippen LogP contribution in [0.15, 0.2) is 28.7 Å². The van der Waals surface area contributed by atoms with Crippen LogP contribution in [0.5, 0.6) is 0 Å². The molecule has 1 fully saturated rings. The van der Waals surface area contributed by atoms with E-state index in [1.165, 1.54) is 0 Å². The van der Waals surface area contributed by atoms with Gasteiger partial charge < -0.3 is 20.0 Å². The smallest absolute Gasteiger partial charge is 0.255 e. The number of hydrogen-bond donors (Lipinski definition) is 2. The quantitative estimate of drug-likeness (QED) is 0.747. The largest absolute Gasteiger partial charge is 0.466 e. The number of anilines is 1. The minimum Gasteiger partial charge on any atom is -0.466 e. The summed E-state index contributed by atoms with van der Waals surface area (Å²) in [5.74, 6) is 1.47. The summed E-state index contributed by atoms with van der Waals surface area (Å²) in [4.78, 5) is 38.4. The molecule has 3 amide bonds. The zero-order valence-corrected chi connectivity index (χ0v) is 18.1. The van der Waals surface area contributed by atoms with Gasteiger partial charge in [-0.25, -0.2) is 0 Å². The lowest BCUT2D eigenvalue weighted by Crippen LogP contribution is -2.46. The Morgan fingerprint density at radius 3 is 2.68 bits per heavy atom. The molecule has 164 valence electrons. The number of aryl methyl sites for hydroxylation is 3. The maximum absolute atomic E-state index is 12.6. The average Bonchev–Trinajstić information content (AvgIpc) is 3.28. The van der Waals surface area contributed by atoms with E-state index >= 15 is 0 Å². The molecule has 0 saturated carbocycles. The highest BCUT2D eigenvalue weighted by Gasteiger charge is 2.25. The molecule has 2 N–H and O–H groups in total. The van der Waals surface area contributed by atoms with Crippen molar-refractivity contribution in [2.75, 3.05) is 18.4 Å². The van der Waals surface area contributed by atoms with E-state index in [2.05, 4.69) is 16.7 Å². The van der Waals surface area contributed by atoms with Gasteiger partial charge in [-0.15, -0.1) is 0 Å². The highest BCUT2D eigenvalue weighted by atomic mass is 16.3.